The van der Waals surface area contributed by atoms with Gasteiger partial charge in [0.15, 0.2) is 0 Å². The van der Waals surface area contributed by atoms with Crippen molar-refractivity contribution in [2.75, 3.05) is 0 Å². The van der Waals surface area contributed by atoms with E-state index >= 15 is 0 Å². The monoisotopic (exact) mass is 233 g/mol. The highest BCUT2D eigenvalue weighted by Gasteiger charge is 2.42. The van der Waals surface area contributed by atoms with Crippen LogP contribution < -0.4 is 5.14 Å². The Bertz CT molecular complexity index is 321. The van der Waals surface area contributed by atoms with Gasteiger partial charge in [0.05, 0.1) is 4.75 Å². The fourth-order valence-electron chi connectivity index (χ4n) is 2.41. The lowest BCUT2D eigenvalue weighted by molar-refractivity contribution is 0.180. The molecule has 3 atom stereocenters. The minimum Gasteiger partial charge on any atom is -0.228 e. The third-order valence-corrected chi connectivity index (χ3v) is 6.11. The highest BCUT2D eigenvalue weighted by atomic mass is 32.2. The summed E-state index contributed by atoms with van der Waals surface area (Å²) in [6.45, 7) is 7.96. The van der Waals surface area contributed by atoms with Gasteiger partial charge in [0.2, 0.25) is 10.0 Å². The SMILES string of the molecule is CC1CCC(C(C)(C)S(N)(=O)=O)CC1C. The van der Waals surface area contributed by atoms with Gasteiger partial charge in [-0.25, -0.2) is 13.6 Å². The third-order valence-electron chi connectivity index (χ3n) is 4.31. The highest BCUT2D eigenvalue weighted by molar-refractivity contribution is 7.90. The third kappa shape index (κ3) is 2.53. The van der Waals surface area contributed by atoms with Crippen molar-refractivity contribution in [2.45, 2.75) is 51.7 Å². The summed E-state index contributed by atoms with van der Waals surface area (Å²) < 4.78 is 22.3. The Morgan fingerprint density at radius 3 is 2.07 bits per heavy atom. The lowest BCUT2D eigenvalue weighted by Crippen LogP contribution is -2.46. The van der Waals surface area contributed by atoms with Crippen LogP contribution in [-0.2, 0) is 10.0 Å². The van der Waals surface area contributed by atoms with Gasteiger partial charge in [0, 0.05) is 0 Å². The molecule has 1 aliphatic carbocycles. The standard InChI is InChI=1S/C11H23NO2S/c1-8-5-6-10(7-9(8)2)11(3,4)15(12,13)14/h8-10H,5-7H2,1-4H3,(H2,12,13,14). The van der Waals surface area contributed by atoms with Crippen molar-refractivity contribution in [2.24, 2.45) is 22.9 Å². The van der Waals surface area contributed by atoms with E-state index in [0.29, 0.717) is 11.8 Å². The minimum absolute atomic E-state index is 0.207. The molecular formula is C11H23NO2S. The van der Waals surface area contributed by atoms with Crippen LogP contribution in [0.1, 0.15) is 47.0 Å². The van der Waals surface area contributed by atoms with Crippen molar-refractivity contribution in [3.05, 3.63) is 0 Å². The van der Waals surface area contributed by atoms with E-state index in [1.54, 1.807) is 13.8 Å². The van der Waals surface area contributed by atoms with E-state index in [1.165, 1.54) is 0 Å². The largest absolute Gasteiger partial charge is 0.228 e. The molecule has 1 fully saturated rings. The average molecular weight is 233 g/mol. The van der Waals surface area contributed by atoms with E-state index in [1.807, 2.05) is 0 Å². The average Bonchev–Trinajstić information content (AvgIpc) is 2.07. The summed E-state index contributed by atoms with van der Waals surface area (Å²) in [6, 6.07) is 0. The lowest BCUT2D eigenvalue weighted by Gasteiger charge is -2.39. The molecule has 0 aromatic heterocycles. The van der Waals surface area contributed by atoms with Gasteiger partial charge in [-0.05, 0) is 44.4 Å². The maximum atomic E-state index is 11.5. The van der Waals surface area contributed by atoms with E-state index < -0.39 is 14.8 Å². The van der Waals surface area contributed by atoms with Crippen molar-refractivity contribution in [3.63, 3.8) is 0 Å². The molecule has 90 valence electrons. The predicted molar refractivity (Wildman–Crippen MR) is 62.9 cm³/mol. The van der Waals surface area contributed by atoms with Crippen molar-refractivity contribution in [1.82, 2.24) is 0 Å². The fraction of sp³-hybridized carbons (Fsp3) is 1.00. The maximum absolute atomic E-state index is 11.5. The summed E-state index contributed by atoms with van der Waals surface area (Å²) in [5, 5.41) is 5.30. The summed E-state index contributed by atoms with van der Waals surface area (Å²) in [5.74, 6) is 1.51. The quantitative estimate of drug-likeness (QED) is 0.794. The van der Waals surface area contributed by atoms with Gasteiger partial charge in [-0.3, -0.25) is 0 Å². The highest BCUT2D eigenvalue weighted by Crippen LogP contribution is 2.41. The van der Waals surface area contributed by atoms with E-state index in [0.717, 1.165) is 19.3 Å². The molecule has 0 radical (unpaired) electrons. The first-order valence-electron chi connectivity index (χ1n) is 5.68. The Morgan fingerprint density at radius 1 is 1.13 bits per heavy atom. The second-order valence-electron chi connectivity index (χ2n) is 5.61. The Balaban J connectivity index is 2.82. The summed E-state index contributed by atoms with van der Waals surface area (Å²) in [7, 11) is -3.44. The molecule has 1 aliphatic rings. The molecule has 2 N–H and O–H groups in total. The Morgan fingerprint density at radius 2 is 1.67 bits per heavy atom. The van der Waals surface area contributed by atoms with Crippen LogP contribution in [0, 0.1) is 17.8 Å². The predicted octanol–water partition coefficient (Wildman–Crippen LogP) is 2.13. The molecule has 0 aromatic carbocycles. The number of rotatable bonds is 2. The molecule has 0 saturated heterocycles. The molecule has 0 spiro atoms. The van der Waals surface area contributed by atoms with E-state index in [4.69, 9.17) is 5.14 Å². The van der Waals surface area contributed by atoms with Gasteiger partial charge in [-0.2, -0.15) is 0 Å². The van der Waals surface area contributed by atoms with Crippen LogP contribution in [-0.4, -0.2) is 13.2 Å². The van der Waals surface area contributed by atoms with Crippen LogP contribution in [0.5, 0.6) is 0 Å². The van der Waals surface area contributed by atoms with Crippen molar-refractivity contribution >= 4 is 10.0 Å². The van der Waals surface area contributed by atoms with Gasteiger partial charge in [0.1, 0.15) is 0 Å². The van der Waals surface area contributed by atoms with Gasteiger partial charge in [-0.1, -0.05) is 20.3 Å². The summed E-state index contributed by atoms with van der Waals surface area (Å²) in [5.41, 5.74) is 0. The first kappa shape index (κ1) is 13.0. The molecule has 3 nitrogen and oxygen atoms in total. The Labute approximate surface area is 93.5 Å². The van der Waals surface area contributed by atoms with Crippen molar-refractivity contribution in [1.29, 1.82) is 0 Å². The van der Waals surface area contributed by atoms with Crippen LogP contribution in [0.15, 0.2) is 0 Å². The molecule has 15 heavy (non-hydrogen) atoms. The van der Waals surface area contributed by atoms with Crippen LogP contribution in [0.4, 0.5) is 0 Å². The molecule has 0 bridgehead atoms. The van der Waals surface area contributed by atoms with Gasteiger partial charge in [0.25, 0.3) is 0 Å². The van der Waals surface area contributed by atoms with Crippen LogP contribution in [0.2, 0.25) is 0 Å². The van der Waals surface area contributed by atoms with Gasteiger partial charge >= 0.3 is 0 Å². The van der Waals surface area contributed by atoms with E-state index in [9.17, 15) is 8.42 Å². The molecule has 0 aromatic rings. The van der Waals surface area contributed by atoms with Gasteiger partial charge in [-0.15, -0.1) is 0 Å². The topological polar surface area (TPSA) is 60.2 Å². The number of hydrogen-bond acceptors (Lipinski definition) is 2. The summed E-state index contributed by atoms with van der Waals surface area (Å²) >= 11 is 0. The zero-order valence-electron chi connectivity index (χ0n) is 10.2. The molecular weight excluding hydrogens is 210 g/mol. The van der Waals surface area contributed by atoms with Crippen LogP contribution in [0.25, 0.3) is 0 Å². The first-order valence-corrected chi connectivity index (χ1v) is 7.23. The summed E-state index contributed by atoms with van der Waals surface area (Å²) in [4.78, 5) is 0. The molecule has 0 amide bonds. The minimum atomic E-state index is -3.44. The second-order valence-corrected chi connectivity index (χ2v) is 7.76. The second kappa shape index (κ2) is 4.06. The number of sulfonamides is 1. The molecule has 0 heterocycles. The van der Waals surface area contributed by atoms with Crippen molar-refractivity contribution in [3.8, 4) is 0 Å². The zero-order valence-corrected chi connectivity index (χ0v) is 11.0. The molecule has 4 heteroatoms. The summed E-state index contributed by atoms with van der Waals surface area (Å²) in [6.07, 6.45) is 3.07. The smallest absolute Gasteiger partial charge is 0.214 e. The number of primary sulfonamides is 1. The first-order chi connectivity index (χ1) is 6.66. The van der Waals surface area contributed by atoms with Crippen LogP contribution in [0.3, 0.4) is 0 Å². The lowest BCUT2D eigenvalue weighted by atomic mass is 9.72. The Hall–Kier alpha value is -0.0900. The van der Waals surface area contributed by atoms with Crippen molar-refractivity contribution < 1.29 is 8.42 Å². The maximum Gasteiger partial charge on any atom is 0.214 e. The number of hydrogen-bond donors (Lipinski definition) is 1. The number of nitrogens with two attached hydrogens (primary N) is 1. The fourth-order valence-corrected chi connectivity index (χ4v) is 3.09. The molecule has 1 saturated carbocycles. The Kier molecular flexibility index (Phi) is 3.51. The van der Waals surface area contributed by atoms with E-state index in [-0.39, 0.29) is 5.92 Å². The van der Waals surface area contributed by atoms with Crippen LogP contribution >= 0.6 is 0 Å². The van der Waals surface area contributed by atoms with E-state index in [2.05, 4.69) is 13.8 Å². The normalized spacial score (nSPS) is 34.1. The van der Waals surface area contributed by atoms with Gasteiger partial charge < -0.3 is 0 Å². The molecule has 0 aliphatic heterocycles. The molecule has 3 unspecified atom stereocenters. The molecule has 1 rings (SSSR count). The zero-order chi connectivity index (χ0) is 11.9.